The van der Waals surface area contributed by atoms with E-state index in [1.807, 2.05) is 36.4 Å². The van der Waals surface area contributed by atoms with E-state index < -0.39 is 5.92 Å². The molecule has 0 unspecified atom stereocenters. The molecule has 2 aliphatic heterocycles. The van der Waals surface area contributed by atoms with E-state index in [-0.39, 0.29) is 54.5 Å². The molecule has 36 heavy (non-hydrogen) atoms. The first-order valence-corrected chi connectivity index (χ1v) is 12.3. The number of ether oxygens (including phenoxy) is 5. The van der Waals surface area contributed by atoms with Gasteiger partial charge in [0.05, 0.1) is 32.8 Å². The van der Waals surface area contributed by atoms with Gasteiger partial charge in [-0.1, -0.05) is 15.9 Å². The van der Waals surface area contributed by atoms with Crippen LogP contribution in [0.5, 0.6) is 28.7 Å². The number of halogens is 1. The van der Waals surface area contributed by atoms with Gasteiger partial charge in [0.2, 0.25) is 12.5 Å². The molecular weight excluding hydrogens is 530 g/mol. The van der Waals surface area contributed by atoms with Crippen molar-refractivity contribution in [2.45, 2.75) is 12.0 Å². The Morgan fingerprint density at radius 2 is 1.58 bits per heavy atom. The Balaban J connectivity index is 1.55. The van der Waals surface area contributed by atoms with E-state index in [9.17, 15) is 9.90 Å². The van der Waals surface area contributed by atoms with Crippen molar-refractivity contribution in [1.82, 2.24) is 0 Å². The van der Waals surface area contributed by atoms with Crippen LogP contribution in [-0.2, 0) is 9.53 Å². The molecule has 0 amide bonds. The van der Waals surface area contributed by atoms with Crippen LogP contribution in [0.1, 0.15) is 28.7 Å². The summed E-state index contributed by atoms with van der Waals surface area (Å²) in [5, 5.41) is 14.1. The van der Waals surface area contributed by atoms with Crippen LogP contribution in [0.4, 0.5) is 5.69 Å². The van der Waals surface area contributed by atoms with Crippen LogP contribution < -0.4 is 24.3 Å². The number of fused-ring (bicyclic) bond motifs is 3. The molecule has 1 aliphatic carbocycles. The molecule has 1 fully saturated rings. The summed E-state index contributed by atoms with van der Waals surface area (Å²) in [6.45, 7) is 0.428. The van der Waals surface area contributed by atoms with Gasteiger partial charge in [-0.2, -0.15) is 0 Å². The van der Waals surface area contributed by atoms with Crippen LogP contribution in [0.25, 0.3) is 0 Å². The number of methoxy groups -OCH3 is 2. The van der Waals surface area contributed by atoms with Gasteiger partial charge in [-0.05, 0) is 65.2 Å². The van der Waals surface area contributed by atoms with Gasteiger partial charge in [-0.25, -0.2) is 0 Å². The highest BCUT2D eigenvalue weighted by Gasteiger charge is 2.52. The largest absolute Gasteiger partial charge is 0.502 e. The maximum absolute atomic E-state index is 13.2. The lowest BCUT2D eigenvalue weighted by Gasteiger charge is -2.40. The van der Waals surface area contributed by atoms with Gasteiger partial charge >= 0.3 is 5.97 Å². The van der Waals surface area contributed by atoms with Crippen molar-refractivity contribution in [3.63, 3.8) is 0 Å². The number of carbonyl (C=O) groups excluding carboxylic acids is 1. The number of phenolic OH excluding ortho intramolecular Hbond substituents is 1. The molecule has 1 saturated heterocycles. The number of hydrogen-bond donors (Lipinski definition) is 2. The molecule has 6 rings (SSSR count). The quantitative estimate of drug-likeness (QED) is 0.427. The van der Waals surface area contributed by atoms with Crippen LogP contribution in [0.15, 0.2) is 53.0 Å². The van der Waals surface area contributed by atoms with Crippen LogP contribution in [-0.4, -0.2) is 38.7 Å². The molecule has 186 valence electrons. The number of benzene rings is 3. The Hall–Kier alpha value is -3.59. The fraction of sp³-hybridized carbons (Fsp3) is 0.296. The van der Waals surface area contributed by atoms with Crippen molar-refractivity contribution in [2.24, 2.45) is 11.8 Å². The lowest BCUT2D eigenvalue weighted by Crippen LogP contribution is -2.37. The third-order valence-corrected chi connectivity index (χ3v) is 7.74. The molecule has 0 saturated carbocycles. The minimum Gasteiger partial charge on any atom is -0.502 e. The SMILES string of the molecule is COc1cc([C@@H]2c3cc4c(cc3[C@@H](Nc3ccc(Br)cc3)[C@H]3COC(=O)[C@H]23)OCO4)cc(OC)c1O. The zero-order valence-corrected chi connectivity index (χ0v) is 21.2. The Morgan fingerprint density at radius 1 is 0.944 bits per heavy atom. The number of carbonyl (C=O) groups is 1. The van der Waals surface area contributed by atoms with E-state index >= 15 is 0 Å². The van der Waals surface area contributed by atoms with Crippen molar-refractivity contribution in [3.8, 4) is 28.7 Å². The van der Waals surface area contributed by atoms with Gasteiger partial charge in [0.15, 0.2) is 23.0 Å². The molecule has 3 aliphatic rings. The first-order chi connectivity index (χ1) is 17.5. The summed E-state index contributed by atoms with van der Waals surface area (Å²) >= 11 is 3.48. The highest BCUT2D eigenvalue weighted by Crippen LogP contribution is 2.56. The van der Waals surface area contributed by atoms with Gasteiger partial charge in [-0.15, -0.1) is 0 Å². The predicted molar refractivity (Wildman–Crippen MR) is 134 cm³/mol. The lowest BCUT2D eigenvalue weighted by atomic mass is 9.65. The van der Waals surface area contributed by atoms with Gasteiger partial charge in [0.1, 0.15) is 0 Å². The predicted octanol–water partition coefficient (Wildman–Crippen LogP) is 4.99. The van der Waals surface area contributed by atoms with Crippen LogP contribution in [0.3, 0.4) is 0 Å². The number of esters is 1. The van der Waals surface area contributed by atoms with Gasteiger partial charge in [-0.3, -0.25) is 4.79 Å². The minimum atomic E-state index is -0.468. The summed E-state index contributed by atoms with van der Waals surface area (Å²) in [4.78, 5) is 13.2. The summed E-state index contributed by atoms with van der Waals surface area (Å²) < 4.78 is 28.9. The van der Waals surface area contributed by atoms with Crippen LogP contribution >= 0.6 is 15.9 Å². The molecule has 3 aromatic rings. The second-order valence-electron chi connectivity index (χ2n) is 9.03. The molecule has 9 heteroatoms. The van der Waals surface area contributed by atoms with Crippen molar-refractivity contribution in [3.05, 3.63) is 69.7 Å². The molecule has 8 nitrogen and oxygen atoms in total. The smallest absolute Gasteiger partial charge is 0.310 e. The third-order valence-electron chi connectivity index (χ3n) is 7.21. The van der Waals surface area contributed by atoms with E-state index in [0.717, 1.165) is 26.9 Å². The number of rotatable bonds is 5. The summed E-state index contributed by atoms with van der Waals surface area (Å²) in [5.74, 6) is 0.487. The maximum Gasteiger partial charge on any atom is 0.310 e. The van der Waals surface area contributed by atoms with Gasteiger partial charge < -0.3 is 34.1 Å². The van der Waals surface area contributed by atoms with Crippen molar-refractivity contribution >= 4 is 27.6 Å². The molecule has 3 aromatic carbocycles. The fourth-order valence-corrected chi connectivity index (χ4v) is 5.83. The Kier molecular flexibility index (Phi) is 5.59. The Labute approximate surface area is 216 Å². The van der Waals surface area contributed by atoms with Crippen molar-refractivity contribution in [1.29, 1.82) is 0 Å². The van der Waals surface area contributed by atoms with E-state index in [1.54, 1.807) is 12.1 Å². The molecule has 0 bridgehead atoms. The Bertz CT molecular complexity index is 1320. The molecule has 0 spiro atoms. The summed E-state index contributed by atoms with van der Waals surface area (Å²) in [7, 11) is 2.96. The zero-order valence-electron chi connectivity index (χ0n) is 19.6. The maximum atomic E-state index is 13.2. The first kappa shape index (κ1) is 22.8. The second kappa shape index (κ2) is 8.81. The first-order valence-electron chi connectivity index (χ1n) is 11.6. The van der Waals surface area contributed by atoms with E-state index in [0.29, 0.717) is 11.5 Å². The average Bonchev–Trinajstić information content (AvgIpc) is 3.51. The number of anilines is 1. The fourth-order valence-electron chi connectivity index (χ4n) is 5.57. The monoisotopic (exact) mass is 553 g/mol. The molecule has 0 aromatic heterocycles. The number of cyclic esters (lactones) is 1. The summed E-state index contributed by atoms with van der Waals surface area (Å²) in [5.41, 5.74) is 3.62. The zero-order chi connectivity index (χ0) is 25.0. The summed E-state index contributed by atoms with van der Waals surface area (Å²) in [6.07, 6.45) is 0. The highest BCUT2D eigenvalue weighted by molar-refractivity contribution is 9.10. The van der Waals surface area contributed by atoms with Crippen LogP contribution in [0, 0.1) is 11.8 Å². The highest BCUT2D eigenvalue weighted by atomic mass is 79.9. The number of nitrogens with one attached hydrogen (secondary N) is 1. The normalized spacial score (nSPS) is 23.5. The second-order valence-corrected chi connectivity index (χ2v) is 9.95. The lowest BCUT2D eigenvalue weighted by molar-refractivity contribution is -0.141. The van der Waals surface area contributed by atoms with Gasteiger partial charge in [0, 0.05) is 22.0 Å². The number of hydrogen-bond acceptors (Lipinski definition) is 8. The minimum absolute atomic E-state index is 0.0919. The third kappa shape index (κ3) is 3.61. The standard InChI is InChI=1S/C27H24BrNO7/c1-32-21-7-13(8-22(33-2)26(21)30)23-16-9-19-20(36-12-35-19)10-17(16)25(18-11-34-27(31)24(18)23)29-15-5-3-14(28)4-6-15/h3-10,18,23-25,29-30H,11-12H2,1-2H3/t18-,23+,24-,25+/m0/s1. The number of phenols is 1. The van der Waals surface area contributed by atoms with E-state index in [1.165, 1.54) is 14.2 Å². The molecule has 2 heterocycles. The molecule has 4 atom stereocenters. The van der Waals surface area contributed by atoms with Crippen molar-refractivity contribution in [2.75, 3.05) is 32.9 Å². The number of aromatic hydroxyl groups is 1. The summed E-state index contributed by atoms with van der Waals surface area (Å²) in [6, 6.07) is 15.2. The average molecular weight is 554 g/mol. The molecular formula is C27H24BrNO7. The topological polar surface area (TPSA) is 95.5 Å². The van der Waals surface area contributed by atoms with Gasteiger partial charge in [0.25, 0.3) is 0 Å². The van der Waals surface area contributed by atoms with Crippen LogP contribution in [0.2, 0.25) is 0 Å². The van der Waals surface area contributed by atoms with E-state index in [4.69, 9.17) is 23.7 Å². The van der Waals surface area contributed by atoms with Crippen molar-refractivity contribution < 1.29 is 33.6 Å². The Morgan fingerprint density at radius 3 is 2.22 bits per heavy atom. The van der Waals surface area contributed by atoms with E-state index in [2.05, 4.69) is 21.2 Å². The molecule has 0 radical (unpaired) electrons. The molecule has 2 N–H and O–H groups in total.